The second kappa shape index (κ2) is 10.8. The molecule has 238 valence electrons. The second-order valence-corrected chi connectivity index (χ2v) is 13.3. The van der Waals surface area contributed by atoms with Crippen molar-refractivity contribution in [3.8, 4) is 28.2 Å². The summed E-state index contributed by atoms with van der Waals surface area (Å²) >= 11 is 0. The fraction of sp³-hybridized carbons (Fsp3) is 0. The van der Waals surface area contributed by atoms with Crippen molar-refractivity contribution in [2.45, 2.75) is 0 Å². The molecule has 0 amide bonds. The van der Waals surface area contributed by atoms with Crippen LogP contribution in [0, 0.1) is 0 Å². The minimum absolute atomic E-state index is 0.965. The summed E-state index contributed by atoms with van der Waals surface area (Å²) in [6.45, 7) is 0. The Labute approximate surface area is 293 Å². The molecule has 11 rings (SSSR count). The van der Waals surface area contributed by atoms with E-state index >= 15 is 0 Å². The maximum atomic E-state index is 4.86. The Kier molecular flexibility index (Phi) is 5.92. The molecule has 4 heteroatoms. The predicted molar refractivity (Wildman–Crippen MR) is 213 cm³/mol. The fourth-order valence-corrected chi connectivity index (χ4v) is 8.25. The lowest BCUT2D eigenvalue weighted by molar-refractivity contribution is 1.13. The molecule has 0 saturated carbocycles. The van der Waals surface area contributed by atoms with Crippen molar-refractivity contribution in [2.75, 3.05) is 0 Å². The van der Waals surface area contributed by atoms with Crippen LogP contribution in [0.15, 0.2) is 182 Å². The van der Waals surface area contributed by atoms with Gasteiger partial charge in [-0.3, -0.25) is 4.57 Å². The Morgan fingerprint density at radius 2 is 0.784 bits per heavy atom. The molecule has 4 nitrogen and oxygen atoms in total. The maximum Gasteiger partial charge on any atom is 0.145 e. The van der Waals surface area contributed by atoms with E-state index < -0.39 is 0 Å². The molecule has 0 aliphatic heterocycles. The summed E-state index contributed by atoms with van der Waals surface area (Å²) in [5.74, 6) is 0. The summed E-state index contributed by atoms with van der Waals surface area (Å²) in [5.41, 5.74) is 12.7. The monoisotopic (exact) mass is 650 g/mol. The zero-order valence-electron chi connectivity index (χ0n) is 27.6. The normalized spacial score (nSPS) is 11.9. The summed E-state index contributed by atoms with van der Waals surface area (Å²) in [6.07, 6.45) is 1.88. The second-order valence-electron chi connectivity index (χ2n) is 13.3. The highest BCUT2D eigenvalue weighted by molar-refractivity contribution is 6.13. The van der Waals surface area contributed by atoms with Crippen LogP contribution in [0.5, 0.6) is 0 Å². The number of para-hydroxylation sites is 4. The summed E-state index contributed by atoms with van der Waals surface area (Å²) in [7, 11) is 0. The number of hydrogen-bond acceptors (Lipinski definition) is 1. The third kappa shape index (κ3) is 4.11. The molecule has 0 spiro atoms. The summed E-state index contributed by atoms with van der Waals surface area (Å²) in [5, 5.41) is 7.32. The standard InChI is InChI=1S/C47H30N4/c1-3-12-33(13-4-1)49-42-19-9-8-17-37(42)40-28-31(21-25-44(40)49)32-22-26-45-41(29-32)38-24-23-35(30-46(38)50(45)34-14-5-2-6-15-34)51-43-20-10-7-16-36(43)39-18-11-27-48-47(39)51/h1-30H. The number of aromatic nitrogens is 4. The van der Waals surface area contributed by atoms with E-state index in [9.17, 15) is 0 Å². The fourth-order valence-electron chi connectivity index (χ4n) is 8.25. The van der Waals surface area contributed by atoms with Crippen molar-refractivity contribution in [3.63, 3.8) is 0 Å². The van der Waals surface area contributed by atoms with Gasteiger partial charge in [0, 0.05) is 55.6 Å². The number of hydrogen-bond donors (Lipinski definition) is 0. The third-order valence-electron chi connectivity index (χ3n) is 10.5. The van der Waals surface area contributed by atoms with Crippen LogP contribution in [0.25, 0.3) is 93.7 Å². The average molecular weight is 651 g/mol. The molecule has 0 N–H and O–H groups in total. The molecule has 0 atom stereocenters. The van der Waals surface area contributed by atoms with Gasteiger partial charge in [0.05, 0.1) is 27.6 Å². The van der Waals surface area contributed by atoms with Gasteiger partial charge in [0.25, 0.3) is 0 Å². The van der Waals surface area contributed by atoms with Gasteiger partial charge in [-0.25, -0.2) is 4.98 Å². The molecule has 0 radical (unpaired) electrons. The number of benzene rings is 7. The first kappa shape index (κ1) is 28.0. The van der Waals surface area contributed by atoms with Gasteiger partial charge < -0.3 is 9.13 Å². The maximum absolute atomic E-state index is 4.86. The van der Waals surface area contributed by atoms with E-state index in [-0.39, 0.29) is 0 Å². The average Bonchev–Trinajstić information content (AvgIpc) is 3.83. The van der Waals surface area contributed by atoms with Gasteiger partial charge in [-0.1, -0.05) is 91.0 Å². The zero-order valence-corrected chi connectivity index (χ0v) is 27.6. The van der Waals surface area contributed by atoms with Gasteiger partial charge >= 0.3 is 0 Å². The summed E-state index contributed by atoms with van der Waals surface area (Å²) < 4.78 is 7.06. The molecule has 7 aromatic carbocycles. The number of pyridine rings is 1. The van der Waals surface area contributed by atoms with Crippen molar-refractivity contribution in [1.82, 2.24) is 18.7 Å². The first-order valence-electron chi connectivity index (χ1n) is 17.4. The molecular formula is C47H30N4. The van der Waals surface area contributed by atoms with Crippen molar-refractivity contribution in [1.29, 1.82) is 0 Å². The quantitative estimate of drug-likeness (QED) is 0.186. The number of rotatable bonds is 4. The Morgan fingerprint density at radius 3 is 1.43 bits per heavy atom. The Bertz CT molecular complexity index is 3070. The Balaban J connectivity index is 1.14. The van der Waals surface area contributed by atoms with Crippen LogP contribution < -0.4 is 0 Å². The van der Waals surface area contributed by atoms with Crippen LogP contribution in [0.4, 0.5) is 0 Å². The minimum Gasteiger partial charge on any atom is -0.309 e. The highest BCUT2D eigenvalue weighted by atomic mass is 15.1. The summed E-state index contributed by atoms with van der Waals surface area (Å²) in [4.78, 5) is 4.86. The zero-order chi connectivity index (χ0) is 33.5. The lowest BCUT2D eigenvalue weighted by Gasteiger charge is -2.11. The van der Waals surface area contributed by atoms with E-state index in [2.05, 4.69) is 184 Å². The van der Waals surface area contributed by atoms with Gasteiger partial charge in [-0.2, -0.15) is 0 Å². The van der Waals surface area contributed by atoms with E-state index in [0.717, 1.165) is 33.4 Å². The van der Waals surface area contributed by atoms with Crippen LogP contribution >= 0.6 is 0 Å². The Morgan fingerprint density at radius 1 is 0.294 bits per heavy atom. The lowest BCUT2D eigenvalue weighted by atomic mass is 10.0. The van der Waals surface area contributed by atoms with Crippen LogP contribution in [-0.2, 0) is 0 Å². The van der Waals surface area contributed by atoms with Gasteiger partial charge in [-0.15, -0.1) is 0 Å². The van der Waals surface area contributed by atoms with Gasteiger partial charge in [-0.05, 0) is 96.1 Å². The minimum atomic E-state index is 0.965. The van der Waals surface area contributed by atoms with Gasteiger partial charge in [0.1, 0.15) is 5.65 Å². The smallest absolute Gasteiger partial charge is 0.145 e. The van der Waals surface area contributed by atoms with Crippen LogP contribution in [0.3, 0.4) is 0 Å². The largest absolute Gasteiger partial charge is 0.309 e. The molecule has 0 aliphatic rings. The molecule has 0 saturated heterocycles. The molecule has 11 aromatic rings. The SMILES string of the molecule is c1ccc(-n2c3ccccc3c3cc(-c4ccc5c(c4)c4ccc(-n6c7ccccc7c7cccnc76)cc4n5-c4ccccc4)ccc32)cc1. The predicted octanol–water partition coefficient (Wildman–Crippen LogP) is 12.0. The molecule has 4 aromatic heterocycles. The van der Waals surface area contributed by atoms with Crippen molar-refractivity contribution >= 4 is 65.5 Å². The molecule has 0 unspecified atom stereocenters. The lowest BCUT2D eigenvalue weighted by Crippen LogP contribution is -1.97. The number of nitrogens with zero attached hydrogens (tertiary/aromatic N) is 4. The molecule has 0 bridgehead atoms. The third-order valence-corrected chi connectivity index (χ3v) is 10.5. The van der Waals surface area contributed by atoms with Crippen LogP contribution in [-0.4, -0.2) is 18.7 Å². The van der Waals surface area contributed by atoms with Crippen LogP contribution in [0.1, 0.15) is 0 Å². The van der Waals surface area contributed by atoms with Crippen molar-refractivity contribution < 1.29 is 0 Å². The van der Waals surface area contributed by atoms with Crippen molar-refractivity contribution in [3.05, 3.63) is 182 Å². The first-order valence-corrected chi connectivity index (χ1v) is 17.4. The van der Waals surface area contributed by atoms with Crippen LogP contribution in [0.2, 0.25) is 0 Å². The summed E-state index contributed by atoms with van der Waals surface area (Å²) in [6, 6.07) is 63.5. The molecule has 4 heterocycles. The first-order chi connectivity index (χ1) is 25.3. The molecule has 0 fully saturated rings. The topological polar surface area (TPSA) is 27.7 Å². The Hall–Kier alpha value is -6.91. The highest BCUT2D eigenvalue weighted by Crippen LogP contribution is 2.39. The molecule has 51 heavy (non-hydrogen) atoms. The van der Waals surface area contributed by atoms with Gasteiger partial charge in [0.2, 0.25) is 0 Å². The van der Waals surface area contributed by atoms with E-state index in [1.54, 1.807) is 0 Å². The highest BCUT2D eigenvalue weighted by Gasteiger charge is 2.18. The van der Waals surface area contributed by atoms with Crippen molar-refractivity contribution in [2.24, 2.45) is 0 Å². The number of fused-ring (bicyclic) bond motifs is 9. The molecular weight excluding hydrogens is 621 g/mol. The van der Waals surface area contributed by atoms with E-state index in [4.69, 9.17) is 4.98 Å². The van der Waals surface area contributed by atoms with E-state index in [0.29, 0.717) is 0 Å². The van der Waals surface area contributed by atoms with E-state index in [1.165, 1.54) is 60.3 Å². The van der Waals surface area contributed by atoms with Gasteiger partial charge in [0.15, 0.2) is 0 Å². The molecule has 0 aliphatic carbocycles. The van der Waals surface area contributed by atoms with E-state index in [1.807, 2.05) is 12.3 Å².